The summed E-state index contributed by atoms with van der Waals surface area (Å²) in [6.45, 7) is 3.22. The summed E-state index contributed by atoms with van der Waals surface area (Å²) in [5.74, 6) is -0.959. The van der Waals surface area contributed by atoms with Gasteiger partial charge in [0, 0.05) is 48.5 Å². The molecule has 1 saturated heterocycles. The molecule has 1 aliphatic carbocycles. The number of hydrogen-bond acceptors (Lipinski definition) is 7. The number of nitrogen functional groups attached to an aromatic ring is 1. The first-order valence-electron chi connectivity index (χ1n) is 11.9. The van der Waals surface area contributed by atoms with Crippen LogP contribution in [0.2, 0.25) is 0 Å². The molecule has 0 unspecified atom stereocenters. The molecule has 37 heavy (non-hydrogen) atoms. The van der Waals surface area contributed by atoms with Crippen LogP contribution in [-0.2, 0) is 4.79 Å². The van der Waals surface area contributed by atoms with Crippen LogP contribution >= 0.6 is 0 Å². The number of carbonyl (C=O) groups excluding carboxylic acids is 1. The fourth-order valence-electron chi connectivity index (χ4n) is 5.00. The Bertz CT molecular complexity index is 1460. The van der Waals surface area contributed by atoms with Crippen molar-refractivity contribution in [2.45, 2.75) is 25.6 Å². The fourth-order valence-corrected chi connectivity index (χ4v) is 5.00. The summed E-state index contributed by atoms with van der Waals surface area (Å²) in [6.07, 6.45) is 0.738. The van der Waals surface area contributed by atoms with Crippen molar-refractivity contribution in [2.24, 2.45) is 5.92 Å². The topological polar surface area (TPSA) is 134 Å². The SMILES string of the molecule is Cc1c(-c2cc3cc(N(C(=O)O)C4CN(C(=O)[C@H]5C[C@H]5F)C4)ncc3c(N)c2F)cnc2c1NCCO2. The van der Waals surface area contributed by atoms with E-state index in [0.717, 1.165) is 10.5 Å². The highest BCUT2D eigenvalue weighted by atomic mass is 19.1. The number of nitrogens with zero attached hydrogens (tertiary/aromatic N) is 4. The number of aromatic nitrogens is 2. The number of pyridine rings is 2. The van der Waals surface area contributed by atoms with Gasteiger partial charge in [-0.15, -0.1) is 0 Å². The van der Waals surface area contributed by atoms with E-state index in [-0.39, 0.29) is 42.5 Å². The molecular weight excluding hydrogens is 486 g/mol. The summed E-state index contributed by atoms with van der Waals surface area (Å²) in [7, 11) is 0. The number of carboxylic acid groups (broad SMARTS) is 1. The number of hydrogen-bond donors (Lipinski definition) is 3. The van der Waals surface area contributed by atoms with Gasteiger partial charge >= 0.3 is 6.09 Å². The van der Waals surface area contributed by atoms with Crippen molar-refractivity contribution in [1.29, 1.82) is 0 Å². The Kier molecular flexibility index (Phi) is 5.28. The third-order valence-corrected chi connectivity index (χ3v) is 7.24. The Morgan fingerprint density at radius 2 is 2.00 bits per heavy atom. The number of anilines is 3. The van der Waals surface area contributed by atoms with Crippen molar-refractivity contribution in [3.63, 3.8) is 0 Å². The number of fused-ring (bicyclic) bond motifs is 2. The largest absolute Gasteiger partial charge is 0.474 e. The summed E-state index contributed by atoms with van der Waals surface area (Å²) in [5, 5.41) is 14.0. The number of nitrogens with two attached hydrogens (primary N) is 1. The number of likely N-dealkylation sites (tertiary alicyclic amines) is 1. The Labute approximate surface area is 210 Å². The highest BCUT2D eigenvalue weighted by Crippen LogP contribution is 2.40. The van der Waals surface area contributed by atoms with Crippen LogP contribution in [0.15, 0.2) is 24.5 Å². The molecule has 12 heteroatoms. The van der Waals surface area contributed by atoms with Gasteiger partial charge in [0.2, 0.25) is 11.8 Å². The predicted octanol–water partition coefficient (Wildman–Crippen LogP) is 3.18. The maximum atomic E-state index is 15.4. The molecule has 4 N–H and O–H groups in total. The lowest BCUT2D eigenvalue weighted by atomic mass is 9.97. The molecule has 3 aromatic rings. The molecule has 2 atom stereocenters. The summed E-state index contributed by atoms with van der Waals surface area (Å²) in [4.78, 5) is 35.5. The van der Waals surface area contributed by atoms with Gasteiger partial charge in [0.25, 0.3) is 0 Å². The number of amides is 2. The molecule has 2 amide bonds. The Morgan fingerprint density at radius 1 is 1.24 bits per heavy atom. The lowest BCUT2D eigenvalue weighted by molar-refractivity contribution is -0.137. The van der Waals surface area contributed by atoms with Gasteiger partial charge in [0.15, 0.2) is 5.82 Å². The van der Waals surface area contributed by atoms with E-state index in [9.17, 15) is 19.1 Å². The molecule has 192 valence electrons. The zero-order valence-corrected chi connectivity index (χ0v) is 19.9. The minimum Gasteiger partial charge on any atom is -0.474 e. The first kappa shape index (κ1) is 23.2. The van der Waals surface area contributed by atoms with Gasteiger partial charge in [-0.3, -0.25) is 9.69 Å². The smallest absolute Gasteiger partial charge is 0.413 e. The van der Waals surface area contributed by atoms with E-state index in [1.165, 1.54) is 23.4 Å². The van der Waals surface area contributed by atoms with Crippen molar-refractivity contribution in [1.82, 2.24) is 14.9 Å². The first-order chi connectivity index (χ1) is 17.7. The van der Waals surface area contributed by atoms with Gasteiger partial charge in [0.05, 0.1) is 17.6 Å². The fraction of sp³-hybridized carbons (Fsp3) is 0.360. The third-order valence-electron chi connectivity index (χ3n) is 7.24. The van der Waals surface area contributed by atoms with Crippen LogP contribution in [0.3, 0.4) is 0 Å². The predicted molar refractivity (Wildman–Crippen MR) is 132 cm³/mol. The average Bonchev–Trinajstić information content (AvgIpc) is 3.59. The number of alkyl halides is 1. The van der Waals surface area contributed by atoms with Crippen molar-refractivity contribution in [3.05, 3.63) is 35.9 Å². The molecule has 1 aromatic carbocycles. The van der Waals surface area contributed by atoms with Crippen molar-refractivity contribution in [2.75, 3.05) is 42.2 Å². The highest BCUT2D eigenvalue weighted by molar-refractivity contribution is 6.00. The summed E-state index contributed by atoms with van der Waals surface area (Å²) in [6, 6.07) is 2.60. The third kappa shape index (κ3) is 3.74. The Balaban J connectivity index is 1.35. The lowest BCUT2D eigenvalue weighted by Gasteiger charge is -2.43. The Hall–Kier alpha value is -4.22. The maximum Gasteiger partial charge on any atom is 0.413 e. The van der Waals surface area contributed by atoms with E-state index < -0.39 is 30.0 Å². The molecule has 0 bridgehead atoms. The van der Waals surface area contributed by atoms with Gasteiger partial charge in [0.1, 0.15) is 24.3 Å². The second kappa shape index (κ2) is 8.43. The quantitative estimate of drug-likeness (QED) is 0.456. The van der Waals surface area contributed by atoms with E-state index >= 15 is 4.39 Å². The zero-order valence-electron chi connectivity index (χ0n) is 19.9. The standard InChI is InChI=1S/C25H24F2N6O4/c1-11-16(7-31-23-22(11)29-2-3-37-23)14-4-12-5-19(30-8-17(12)21(28)20(14)27)33(25(35)36)13-9-32(10-13)24(34)15-6-18(15)26/h4-5,7-8,13,15,18,29H,2-3,6,9-10,28H2,1H3,(H,35,36)/t15-,18+/m0/s1. The molecule has 2 fully saturated rings. The van der Waals surface area contributed by atoms with Crippen LogP contribution in [0.4, 0.5) is 30.8 Å². The lowest BCUT2D eigenvalue weighted by Crippen LogP contribution is -2.63. The number of rotatable bonds is 4. The van der Waals surface area contributed by atoms with E-state index in [2.05, 4.69) is 15.3 Å². The minimum absolute atomic E-state index is 0.111. The van der Waals surface area contributed by atoms with Gasteiger partial charge in [-0.1, -0.05) is 0 Å². The first-order valence-corrected chi connectivity index (χ1v) is 11.9. The average molecular weight is 511 g/mol. The van der Waals surface area contributed by atoms with Crippen LogP contribution in [0.25, 0.3) is 21.9 Å². The van der Waals surface area contributed by atoms with Crippen LogP contribution < -0.4 is 20.7 Å². The molecule has 10 nitrogen and oxygen atoms in total. The van der Waals surface area contributed by atoms with E-state index in [4.69, 9.17) is 10.5 Å². The molecule has 4 heterocycles. The van der Waals surface area contributed by atoms with E-state index in [0.29, 0.717) is 41.1 Å². The molecular formula is C25H24F2N6O4. The highest BCUT2D eigenvalue weighted by Gasteiger charge is 2.49. The van der Waals surface area contributed by atoms with Gasteiger partial charge in [-0.2, -0.15) is 0 Å². The van der Waals surface area contributed by atoms with Gasteiger partial charge < -0.3 is 25.8 Å². The molecule has 2 aliphatic heterocycles. The molecule has 6 rings (SSSR count). The van der Waals surface area contributed by atoms with Gasteiger partial charge in [-0.25, -0.2) is 23.5 Å². The van der Waals surface area contributed by atoms with Crippen LogP contribution in [0.1, 0.15) is 12.0 Å². The van der Waals surface area contributed by atoms with Gasteiger partial charge in [-0.05, 0) is 36.4 Å². The monoisotopic (exact) mass is 510 g/mol. The van der Waals surface area contributed by atoms with Crippen LogP contribution in [0, 0.1) is 18.7 Å². The van der Waals surface area contributed by atoms with Crippen molar-refractivity contribution in [3.8, 4) is 17.0 Å². The number of nitrogens with one attached hydrogen (secondary N) is 1. The number of halogens is 2. The number of carbonyl (C=O) groups is 2. The molecule has 3 aliphatic rings. The second-order valence-electron chi connectivity index (χ2n) is 9.58. The molecule has 1 saturated carbocycles. The second-order valence-corrected chi connectivity index (χ2v) is 9.58. The van der Waals surface area contributed by atoms with Crippen molar-refractivity contribution < 1.29 is 28.2 Å². The normalized spacial score (nSPS) is 20.5. The number of ether oxygens (including phenoxy) is 1. The maximum absolute atomic E-state index is 15.4. The molecule has 0 radical (unpaired) electrons. The van der Waals surface area contributed by atoms with Crippen LogP contribution in [-0.4, -0.2) is 70.4 Å². The molecule has 0 spiro atoms. The molecule has 2 aromatic heterocycles. The Morgan fingerprint density at radius 3 is 2.70 bits per heavy atom. The summed E-state index contributed by atoms with van der Waals surface area (Å²) >= 11 is 0. The summed E-state index contributed by atoms with van der Waals surface area (Å²) in [5.41, 5.74) is 8.20. The van der Waals surface area contributed by atoms with Crippen molar-refractivity contribution >= 4 is 40.0 Å². The minimum atomic E-state index is -1.24. The summed E-state index contributed by atoms with van der Waals surface area (Å²) < 4.78 is 34.2. The zero-order chi connectivity index (χ0) is 26.0. The van der Waals surface area contributed by atoms with E-state index in [1.54, 1.807) is 6.07 Å². The number of benzene rings is 1. The van der Waals surface area contributed by atoms with Crippen LogP contribution in [0.5, 0.6) is 5.88 Å². The van der Waals surface area contributed by atoms with E-state index in [1.807, 2.05) is 6.92 Å².